The van der Waals surface area contributed by atoms with E-state index in [2.05, 4.69) is 11.4 Å². The van der Waals surface area contributed by atoms with Crippen LogP contribution in [0.2, 0.25) is 0 Å². The van der Waals surface area contributed by atoms with Crippen molar-refractivity contribution in [3.63, 3.8) is 0 Å². The zero-order valence-electron chi connectivity index (χ0n) is 14.9. The number of hydrogen-bond donors (Lipinski definition) is 1. The fraction of sp³-hybridized carbons (Fsp3) is 0.238. The van der Waals surface area contributed by atoms with Crippen LogP contribution in [0.5, 0.6) is 0 Å². The molecule has 27 heavy (non-hydrogen) atoms. The van der Waals surface area contributed by atoms with Crippen molar-refractivity contribution in [2.24, 2.45) is 0 Å². The van der Waals surface area contributed by atoms with Gasteiger partial charge in [0.05, 0.1) is 17.2 Å². The number of fused-ring (bicyclic) bond motifs is 1. The molecule has 0 saturated heterocycles. The van der Waals surface area contributed by atoms with Gasteiger partial charge in [0.2, 0.25) is 5.91 Å². The van der Waals surface area contributed by atoms with E-state index in [1.807, 2.05) is 31.2 Å². The lowest BCUT2D eigenvalue weighted by Crippen LogP contribution is -2.32. The second-order valence-electron chi connectivity index (χ2n) is 6.45. The van der Waals surface area contributed by atoms with Crippen molar-refractivity contribution in [2.45, 2.75) is 25.8 Å². The molecule has 2 aromatic rings. The van der Waals surface area contributed by atoms with Crippen molar-refractivity contribution in [3.05, 3.63) is 70.8 Å². The highest BCUT2D eigenvalue weighted by atomic mass is 16.2. The zero-order chi connectivity index (χ0) is 19.4. The lowest BCUT2D eigenvalue weighted by Gasteiger charge is -2.15. The summed E-state index contributed by atoms with van der Waals surface area (Å²) < 4.78 is 0. The predicted molar refractivity (Wildman–Crippen MR) is 98.7 cm³/mol. The first-order valence-corrected chi connectivity index (χ1v) is 8.72. The normalized spacial score (nSPS) is 13.9. The zero-order valence-corrected chi connectivity index (χ0v) is 14.9. The van der Waals surface area contributed by atoms with Gasteiger partial charge in [0.15, 0.2) is 0 Å². The van der Waals surface area contributed by atoms with Crippen molar-refractivity contribution in [2.75, 3.05) is 6.54 Å². The van der Waals surface area contributed by atoms with Crippen LogP contribution in [0.15, 0.2) is 48.5 Å². The number of nitrogens with zero attached hydrogens (tertiary/aromatic N) is 2. The molecule has 0 saturated carbocycles. The van der Waals surface area contributed by atoms with Crippen LogP contribution in [-0.4, -0.2) is 29.2 Å². The molecule has 136 valence electrons. The highest BCUT2D eigenvalue weighted by Crippen LogP contribution is 2.22. The number of carbonyl (C=O) groups excluding carboxylic acids is 3. The number of benzene rings is 2. The molecule has 0 fully saturated rings. The van der Waals surface area contributed by atoms with E-state index in [0.29, 0.717) is 17.5 Å². The van der Waals surface area contributed by atoms with E-state index in [4.69, 9.17) is 0 Å². The molecule has 1 atom stereocenters. The lowest BCUT2D eigenvalue weighted by molar-refractivity contribution is -0.121. The Bertz CT molecular complexity index is 893. The lowest BCUT2D eigenvalue weighted by atomic mass is 10.1. The Morgan fingerprint density at radius 1 is 1.07 bits per heavy atom. The Morgan fingerprint density at radius 3 is 2.22 bits per heavy atom. The first kappa shape index (κ1) is 18.3. The van der Waals surface area contributed by atoms with Gasteiger partial charge in [-0.15, -0.1) is 0 Å². The Balaban J connectivity index is 1.53. The molecule has 3 rings (SSSR count). The summed E-state index contributed by atoms with van der Waals surface area (Å²) in [6.45, 7) is 2.12. The minimum atomic E-state index is -0.725. The van der Waals surface area contributed by atoms with Gasteiger partial charge in [-0.25, -0.2) is 0 Å². The molecule has 0 aliphatic carbocycles. The molecule has 0 aromatic heterocycles. The fourth-order valence-electron chi connectivity index (χ4n) is 3.02. The van der Waals surface area contributed by atoms with Gasteiger partial charge in [-0.1, -0.05) is 42.0 Å². The summed E-state index contributed by atoms with van der Waals surface area (Å²) in [7, 11) is 0. The highest BCUT2D eigenvalue weighted by molar-refractivity contribution is 6.21. The summed E-state index contributed by atoms with van der Waals surface area (Å²) >= 11 is 0. The second-order valence-corrected chi connectivity index (χ2v) is 6.45. The maximum Gasteiger partial charge on any atom is 0.261 e. The number of hydrogen-bond acceptors (Lipinski definition) is 4. The van der Waals surface area contributed by atoms with Gasteiger partial charge in [0.1, 0.15) is 6.04 Å². The molecule has 6 nitrogen and oxygen atoms in total. The molecule has 6 heteroatoms. The Hall–Kier alpha value is -3.46. The summed E-state index contributed by atoms with van der Waals surface area (Å²) in [6, 6.07) is 15.4. The molecule has 3 amide bonds. The molecular formula is C21H19N3O3. The van der Waals surface area contributed by atoms with Crippen LogP contribution in [0.4, 0.5) is 0 Å². The molecule has 0 spiro atoms. The Morgan fingerprint density at radius 2 is 1.67 bits per heavy atom. The number of nitrogens with one attached hydrogen (secondary N) is 1. The summed E-state index contributed by atoms with van der Waals surface area (Å²) in [4.78, 5) is 37.9. The third-order valence-electron chi connectivity index (χ3n) is 4.51. The predicted octanol–water partition coefficient (Wildman–Crippen LogP) is 2.75. The molecule has 1 aliphatic heterocycles. The fourth-order valence-corrected chi connectivity index (χ4v) is 3.02. The summed E-state index contributed by atoms with van der Waals surface area (Å²) in [6.07, 6.45) is 0.459. The molecule has 1 unspecified atom stereocenters. The molecule has 1 heterocycles. The van der Waals surface area contributed by atoms with E-state index in [-0.39, 0.29) is 30.7 Å². The number of rotatable bonds is 6. The van der Waals surface area contributed by atoms with Crippen molar-refractivity contribution in [3.8, 4) is 6.07 Å². The van der Waals surface area contributed by atoms with Crippen LogP contribution >= 0.6 is 0 Å². The maximum absolute atomic E-state index is 12.3. The van der Waals surface area contributed by atoms with Gasteiger partial charge in [0.25, 0.3) is 11.8 Å². The molecule has 0 radical (unpaired) electrons. The van der Waals surface area contributed by atoms with Crippen LogP contribution in [0, 0.1) is 18.3 Å². The highest BCUT2D eigenvalue weighted by Gasteiger charge is 2.34. The number of carbonyl (C=O) groups is 3. The number of imide groups is 1. The topological polar surface area (TPSA) is 90.3 Å². The van der Waals surface area contributed by atoms with Crippen LogP contribution in [0.3, 0.4) is 0 Å². The van der Waals surface area contributed by atoms with Gasteiger partial charge >= 0.3 is 0 Å². The minimum absolute atomic E-state index is 0.122. The smallest absolute Gasteiger partial charge is 0.261 e. The van der Waals surface area contributed by atoms with Gasteiger partial charge in [0, 0.05) is 13.0 Å². The average Bonchev–Trinajstić information content (AvgIpc) is 2.92. The first-order chi connectivity index (χ1) is 13.0. The summed E-state index contributed by atoms with van der Waals surface area (Å²) in [5.74, 6) is -0.949. The molecular weight excluding hydrogens is 342 g/mol. The maximum atomic E-state index is 12.3. The van der Waals surface area contributed by atoms with Crippen molar-refractivity contribution in [1.82, 2.24) is 10.2 Å². The largest absolute Gasteiger partial charge is 0.337 e. The van der Waals surface area contributed by atoms with E-state index in [0.717, 1.165) is 11.1 Å². The number of nitriles is 1. The third kappa shape index (κ3) is 3.87. The van der Waals surface area contributed by atoms with Crippen LogP contribution < -0.4 is 5.32 Å². The van der Waals surface area contributed by atoms with Crippen molar-refractivity contribution in [1.29, 1.82) is 5.26 Å². The van der Waals surface area contributed by atoms with E-state index in [1.165, 1.54) is 4.90 Å². The van der Waals surface area contributed by atoms with Crippen LogP contribution in [-0.2, 0) is 4.79 Å². The third-order valence-corrected chi connectivity index (χ3v) is 4.51. The van der Waals surface area contributed by atoms with Gasteiger partial charge in [-0.2, -0.15) is 5.26 Å². The Labute approximate surface area is 157 Å². The van der Waals surface area contributed by atoms with E-state index >= 15 is 0 Å². The van der Waals surface area contributed by atoms with E-state index in [9.17, 15) is 19.6 Å². The SMILES string of the molecule is Cc1ccc(C(C#N)NC(=O)CCCN2C(=O)c3ccccc3C2=O)cc1. The molecule has 2 aromatic carbocycles. The quantitative estimate of drug-likeness (QED) is 0.801. The van der Waals surface area contributed by atoms with Gasteiger partial charge < -0.3 is 5.32 Å². The van der Waals surface area contributed by atoms with E-state index in [1.54, 1.807) is 24.3 Å². The number of amides is 3. The van der Waals surface area contributed by atoms with Gasteiger partial charge in [-0.05, 0) is 31.0 Å². The Kier molecular flexibility index (Phi) is 5.32. The second kappa shape index (κ2) is 7.83. The summed E-state index contributed by atoms with van der Waals surface area (Å²) in [5, 5.41) is 12.0. The van der Waals surface area contributed by atoms with E-state index < -0.39 is 6.04 Å². The van der Waals surface area contributed by atoms with Crippen LogP contribution in [0.25, 0.3) is 0 Å². The standard InChI is InChI=1S/C21H19N3O3/c1-14-8-10-15(11-9-14)18(13-22)23-19(25)7-4-12-24-20(26)16-5-2-3-6-17(16)21(24)27/h2-3,5-6,8-11,18H,4,7,12H2,1H3,(H,23,25). The summed E-state index contributed by atoms with van der Waals surface area (Å²) in [5.41, 5.74) is 2.59. The molecule has 0 bridgehead atoms. The van der Waals surface area contributed by atoms with Crippen molar-refractivity contribution < 1.29 is 14.4 Å². The minimum Gasteiger partial charge on any atom is -0.337 e. The average molecular weight is 361 g/mol. The number of aryl methyl sites for hydroxylation is 1. The first-order valence-electron chi connectivity index (χ1n) is 8.72. The van der Waals surface area contributed by atoms with Gasteiger partial charge in [-0.3, -0.25) is 19.3 Å². The molecule has 1 N–H and O–H groups in total. The monoisotopic (exact) mass is 361 g/mol. The van der Waals surface area contributed by atoms with Crippen LogP contribution in [0.1, 0.15) is 50.7 Å². The molecule has 1 aliphatic rings. The van der Waals surface area contributed by atoms with Crippen molar-refractivity contribution >= 4 is 17.7 Å².